The summed E-state index contributed by atoms with van der Waals surface area (Å²) >= 11 is 0. The van der Waals surface area contributed by atoms with Crippen molar-refractivity contribution < 1.29 is 0 Å². The average Bonchev–Trinajstić information content (AvgIpc) is 2.32. The highest BCUT2D eigenvalue weighted by Gasteiger charge is 2.17. The second kappa shape index (κ2) is 3.54. The first-order chi connectivity index (χ1) is 5.08. The Morgan fingerprint density at radius 1 is 1.36 bits per heavy atom. The summed E-state index contributed by atoms with van der Waals surface area (Å²) in [4.78, 5) is 0. The first kappa shape index (κ1) is 9.00. The smallest absolute Gasteiger partial charge is 0.0623 e. The number of hydrogen-bond acceptors (Lipinski definition) is 0. The second-order valence-electron chi connectivity index (χ2n) is 4.22. The Kier molecular flexibility index (Phi) is 2.90. The van der Waals surface area contributed by atoms with Crippen molar-refractivity contribution in [3.63, 3.8) is 0 Å². The topological polar surface area (TPSA) is 0 Å². The molecule has 1 aliphatic carbocycles. The second-order valence-corrected chi connectivity index (χ2v) is 9.25. The van der Waals surface area contributed by atoms with E-state index in [1.165, 1.54) is 19.0 Å². The zero-order valence-electron chi connectivity index (χ0n) is 7.80. The third-order valence-corrected chi connectivity index (χ3v) is 3.52. The summed E-state index contributed by atoms with van der Waals surface area (Å²) in [5.74, 6) is 0. The predicted molar refractivity (Wildman–Crippen MR) is 56.0 cm³/mol. The Morgan fingerprint density at radius 2 is 2.09 bits per heavy atom. The summed E-state index contributed by atoms with van der Waals surface area (Å²) in [5.41, 5.74) is 1.62. The first-order valence-electron chi connectivity index (χ1n) is 4.23. The molecule has 1 heteroatoms. The Labute approximate surface area is 70.7 Å². The van der Waals surface area contributed by atoms with E-state index in [2.05, 4.69) is 38.2 Å². The summed E-state index contributed by atoms with van der Waals surface area (Å²) in [6, 6.07) is 0. The molecule has 0 amide bonds. The highest BCUT2D eigenvalue weighted by molar-refractivity contribution is 7.73. The van der Waals surface area contributed by atoms with Gasteiger partial charge in [0.1, 0.15) is 0 Å². The molecule has 0 spiro atoms. The lowest BCUT2D eigenvalue weighted by Gasteiger charge is -2.11. The summed E-state index contributed by atoms with van der Waals surface area (Å²) < 4.78 is 0. The average molecular weight is 169 g/mol. The molecule has 0 N–H and O–H groups in total. The lowest BCUT2D eigenvalue weighted by molar-refractivity contribution is 1.05. The van der Waals surface area contributed by atoms with E-state index in [1.54, 1.807) is 5.57 Å². The quantitative estimate of drug-likeness (QED) is 0.569. The third-order valence-electron chi connectivity index (χ3n) is 1.95. The van der Waals surface area contributed by atoms with E-state index < -0.39 is 7.26 Å². The fourth-order valence-electron chi connectivity index (χ4n) is 1.16. The molecule has 0 heterocycles. The van der Waals surface area contributed by atoms with Gasteiger partial charge in [0.2, 0.25) is 0 Å². The molecule has 0 aromatic heterocycles. The molecular weight excluding hydrogens is 151 g/mol. The summed E-state index contributed by atoms with van der Waals surface area (Å²) in [6.45, 7) is 7.24. The Bertz CT molecular complexity index is 182. The first-order valence-corrected chi connectivity index (χ1v) is 7.54. The van der Waals surface area contributed by atoms with Gasteiger partial charge < -0.3 is 0 Å². The van der Waals surface area contributed by atoms with Crippen LogP contribution in [0.3, 0.4) is 0 Å². The summed E-state index contributed by atoms with van der Waals surface area (Å²) in [6.07, 6.45) is 10.6. The standard InChI is InChI=1S/C10H18P/c1-11(2,3)9-8-10-6-4-5-7-10/h4-6H,7-9H2,1-3H3/q+1. The molecule has 0 saturated carbocycles. The number of allylic oxidation sites excluding steroid dienone is 4. The van der Waals surface area contributed by atoms with Crippen molar-refractivity contribution in [1.82, 2.24) is 0 Å². The van der Waals surface area contributed by atoms with E-state index in [9.17, 15) is 0 Å². The van der Waals surface area contributed by atoms with Gasteiger partial charge in [0.15, 0.2) is 0 Å². The molecule has 0 radical (unpaired) electrons. The Morgan fingerprint density at radius 3 is 2.55 bits per heavy atom. The SMILES string of the molecule is C[P+](C)(C)CCC1=CC=CC1. The maximum absolute atomic E-state index is 2.41. The van der Waals surface area contributed by atoms with Crippen LogP contribution in [-0.2, 0) is 0 Å². The minimum Gasteiger partial charge on any atom is -0.0805 e. The largest absolute Gasteiger partial charge is 0.0805 e. The fraction of sp³-hybridized carbons (Fsp3) is 0.600. The molecule has 0 aromatic carbocycles. The molecule has 0 fully saturated rings. The van der Waals surface area contributed by atoms with Crippen LogP contribution in [0.15, 0.2) is 23.8 Å². The zero-order chi connectivity index (χ0) is 8.32. The van der Waals surface area contributed by atoms with Gasteiger partial charge in [0.25, 0.3) is 0 Å². The number of hydrogen-bond donors (Lipinski definition) is 0. The Hall–Kier alpha value is -0.0900. The highest BCUT2D eigenvalue weighted by Crippen LogP contribution is 2.47. The van der Waals surface area contributed by atoms with E-state index in [0.29, 0.717) is 0 Å². The van der Waals surface area contributed by atoms with Crippen LogP contribution in [0, 0.1) is 0 Å². The van der Waals surface area contributed by atoms with E-state index in [-0.39, 0.29) is 0 Å². The van der Waals surface area contributed by atoms with Gasteiger partial charge in [-0.2, -0.15) is 0 Å². The van der Waals surface area contributed by atoms with E-state index >= 15 is 0 Å². The molecule has 0 aromatic rings. The normalized spacial score (nSPS) is 17.2. The van der Waals surface area contributed by atoms with Gasteiger partial charge in [-0.25, -0.2) is 0 Å². The summed E-state index contributed by atoms with van der Waals surface area (Å²) in [5, 5.41) is 0. The predicted octanol–water partition coefficient (Wildman–Crippen LogP) is 3.17. The van der Waals surface area contributed by atoms with E-state index in [4.69, 9.17) is 0 Å². The fourth-order valence-corrected chi connectivity index (χ4v) is 2.11. The van der Waals surface area contributed by atoms with Gasteiger partial charge in [0.05, 0.1) is 6.16 Å². The van der Waals surface area contributed by atoms with Crippen LogP contribution in [0.25, 0.3) is 0 Å². The van der Waals surface area contributed by atoms with Crippen molar-refractivity contribution in [2.45, 2.75) is 12.8 Å². The molecule has 0 atom stereocenters. The molecule has 0 nitrogen and oxygen atoms in total. The van der Waals surface area contributed by atoms with E-state index in [1.807, 2.05) is 0 Å². The highest BCUT2D eigenvalue weighted by atomic mass is 31.2. The van der Waals surface area contributed by atoms with Gasteiger partial charge >= 0.3 is 0 Å². The maximum Gasteiger partial charge on any atom is 0.0623 e. The molecule has 1 aliphatic rings. The van der Waals surface area contributed by atoms with Gasteiger partial charge in [-0.3, -0.25) is 0 Å². The lowest BCUT2D eigenvalue weighted by atomic mass is 10.2. The van der Waals surface area contributed by atoms with Crippen LogP contribution in [0.4, 0.5) is 0 Å². The van der Waals surface area contributed by atoms with Crippen LogP contribution < -0.4 is 0 Å². The van der Waals surface area contributed by atoms with Crippen LogP contribution in [0.2, 0.25) is 0 Å². The molecular formula is C10H18P+. The lowest BCUT2D eigenvalue weighted by Crippen LogP contribution is -1.93. The maximum atomic E-state index is 2.41. The van der Waals surface area contributed by atoms with Crippen molar-refractivity contribution in [3.05, 3.63) is 23.8 Å². The monoisotopic (exact) mass is 169 g/mol. The third kappa shape index (κ3) is 3.72. The molecule has 11 heavy (non-hydrogen) atoms. The molecule has 0 bridgehead atoms. The van der Waals surface area contributed by atoms with Crippen LogP contribution in [0.1, 0.15) is 12.8 Å². The van der Waals surface area contributed by atoms with Gasteiger partial charge in [-0.15, -0.1) is 0 Å². The van der Waals surface area contributed by atoms with Crippen molar-refractivity contribution in [2.75, 3.05) is 26.2 Å². The van der Waals surface area contributed by atoms with Crippen molar-refractivity contribution >= 4 is 7.26 Å². The van der Waals surface area contributed by atoms with Gasteiger partial charge in [0, 0.05) is 33.7 Å². The van der Waals surface area contributed by atoms with Crippen molar-refractivity contribution in [1.29, 1.82) is 0 Å². The minimum absolute atomic E-state index is 0.537. The van der Waals surface area contributed by atoms with E-state index in [0.717, 1.165) is 0 Å². The minimum atomic E-state index is -0.537. The summed E-state index contributed by atoms with van der Waals surface area (Å²) in [7, 11) is -0.537. The molecule has 62 valence electrons. The van der Waals surface area contributed by atoms with Crippen molar-refractivity contribution in [2.24, 2.45) is 0 Å². The van der Waals surface area contributed by atoms with Gasteiger partial charge in [-0.05, 0) is 6.42 Å². The van der Waals surface area contributed by atoms with Crippen LogP contribution in [0.5, 0.6) is 0 Å². The molecule has 1 rings (SSSR count). The zero-order valence-corrected chi connectivity index (χ0v) is 8.70. The molecule has 0 aliphatic heterocycles. The van der Waals surface area contributed by atoms with Crippen LogP contribution in [-0.4, -0.2) is 26.2 Å². The number of rotatable bonds is 3. The van der Waals surface area contributed by atoms with Crippen molar-refractivity contribution in [3.8, 4) is 0 Å². The van der Waals surface area contributed by atoms with Crippen LogP contribution >= 0.6 is 7.26 Å². The Balaban J connectivity index is 2.23. The molecule has 0 saturated heterocycles. The van der Waals surface area contributed by atoms with Gasteiger partial charge in [-0.1, -0.05) is 23.8 Å². The molecule has 0 unspecified atom stereocenters.